The van der Waals surface area contributed by atoms with Crippen molar-refractivity contribution in [3.63, 3.8) is 0 Å². The van der Waals surface area contributed by atoms with E-state index in [9.17, 15) is 4.79 Å². The van der Waals surface area contributed by atoms with Gasteiger partial charge in [-0.15, -0.1) is 0 Å². The third-order valence-electron chi connectivity index (χ3n) is 7.27. The lowest BCUT2D eigenvalue weighted by atomic mass is 9.95. The van der Waals surface area contributed by atoms with Crippen molar-refractivity contribution < 1.29 is 9.53 Å². The van der Waals surface area contributed by atoms with E-state index in [1.54, 1.807) is 11.1 Å². The Morgan fingerprint density at radius 1 is 1.29 bits per heavy atom. The molecular weight excluding hydrogens is 452 g/mol. The highest BCUT2D eigenvalue weighted by atomic mass is 35.5. The lowest BCUT2D eigenvalue weighted by Crippen LogP contribution is -2.42. The summed E-state index contributed by atoms with van der Waals surface area (Å²) < 4.78 is 9.47. The van der Waals surface area contributed by atoms with Gasteiger partial charge in [0.05, 0.1) is 41.6 Å². The third kappa shape index (κ3) is 4.18. The van der Waals surface area contributed by atoms with Crippen LogP contribution >= 0.6 is 11.6 Å². The van der Waals surface area contributed by atoms with Crippen LogP contribution in [-0.4, -0.2) is 51.7 Å². The molecule has 34 heavy (non-hydrogen) atoms. The number of rotatable bonds is 4. The Kier molecular flexibility index (Phi) is 6.53. The van der Waals surface area contributed by atoms with Gasteiger partial charge in [0.25, 0.3) is 0 Å². The zero-order chi connectivity index (χ0) is 23.8. The molecule has 0 spiro atoms. The van der Waals surface area contributed by atoms with Gasteiger partial charge in [-0.2, -0.15) is 5.10 Å². The van der Waals surface area contributed by atoms with Crippen LogP contribution in [0.25, 0.3) is 11.0 Å². The summed E-state index contributed by atoms with van der Waals surface area (Å²) in [6.45, 7) is 7.04. The number of carbonyl (C=O) groups excluding carboxylic acids is 1. The Hall–Kier alpha value is -2.58. The van der Waals surface area contributed by atoms with Crippen molar-refractivity contribution in [2.45, 2.75) is 70.5 Å². The molecule has 4 heterocycles. The second-order valence-electron chi connectivity index (χ2n) is 9.62. The Balaban J connectivity index is 1.63. The van der Waals surface area contributed by atoms with Gasteiger partial charge in [0.2, 0.25) is 0 Å². The van der Waals surface area contributed by atoms with Crippen LogP contribution in [-0.2, 0) is 17.7 Å². The predicted octanol–water partition coefficient (Wildman–Crippen LogP) is 4.91. The number of anilines is 1. The molecule has 2 aromatic heterocycles. The number of aromatic nitrogens is 4. The van der Waals surface area contributed by atoms with E-state index in [1.807, 2.05) is 10.9 Å². The van der Waals surface area contributed by atoms with Crippen LogP contribution in [0.15, 0.2) is 24.5 Å². The molecule has 0 saturated carbocycles. The van der Waals surface area contributed by atoms with Gasteiger partial charge in [0.15, 0.2) is 0 Å². The molecule has 0 bridgehead atoms. The molecule has 1 fully saturated rings. The summed E-state index contributed by atoms with van der Waals surface area (Å²) in [6, 6.07) is 4.71. The van der Waals surface area contributed by atoms with Gasteiger partial charge in [-0.25, -0.2) is 9.78 Å². The standard InChI is InChI=1S/C25H33ClN6O2/c1-16(14-30-15-18(26)13-28-30)24-29-23-20-7-6-17(2)31(25(33)34-3)21(20)8-9-22(23)32(24)19-5-4-11-27-12-10-19/h8-9,13,15-17,19,27H,4-7,10-12,14H2,1-3H3/t16-,17+,19-/m1/s1. The number of halogens is 1. The topological polar surface area (TPSA) is 77.2 Å². The number of fused-ring (bicyclic) bond motifs is 3. The zero-order valence-electron chi connectivity index (χ0n) is 20.1. The van der Waals surface area contributed by atoms with Gasteiger partial charge in [-0.1, -0.05) is 18.5 Å². The van der Waals surface area contributed by atoms with E-state index in [1.165, 1.54) is 7.11 Å². The molecule has 2 aliphatic rings. The Morgan fingerprint density at radius 3 is 2.91 bits per heavy atom. The van der Waals surface area contributed by atoms with Gasteiger partial charge < -0.3 is 14.6 Å². The van der Waals surface area contributed by atoms with Crippen LogP contribution in [0.2, 0.25) is 5.02 Å². The first-order chi connectivity index (χ1) is 16.5. The summed E-state index contributed by atoms with van der Waals surface area (Å²) >= 11 is 6.11. The van der Waals surface area contributed by atoms with Gasteiger partial charge in [-0.05, 0) is 64.3 Å². The molecule has 8 nitrogen and oxygen atoms in total. The normalized spacial score (nSPS) is 21.8. The van der Waals surface area contributed by atoms with Gasteiger partial charge in [0, 0.05) is 29.8 Å². The summed E-state index contributed by atoms with van der Waals surface area (Å²) in [5.41, 5.74) is 4.23. The van der Waals surface area contributed by atoms with Crippen LogP contribution in [0.3, 0.4) is 0 Å². The number of benzene rings is 1. The van der Waals surface area contributed by atoms with Crippen LogP contribution in [0.1, 0.15) is 62.9 Å². The van der Waals surface area contributed by atoms with Crippen LogP contribution < -0.4 is 10.2 Å². The maximum Gasteiger partial charge on any atom is 0.414 e. The molecule has 3 aromatic rings. The number of nitrogens with one attached hydrogen (secondary N) is 1. The van der Waals surface area contributed by atoms with Crippen molar-refractivity contribution in [3.8, 4) is 0 Å². The predicted molar refractivity (Wildman–Crippen MR) is 134 cm³/mol. The summed E-state index contributed by atoms with van der Waals surface area (Å²) in [5.74, 6) is 1.22. The highest BCUT2D eigenvalue weighted by Gasteiger charge is 2.33. The van der Waals surface area contributed by atoms with Crippen molar-refractivity contribution in [1.82, 2.24) is 24.6 Å². The lowest BCUT2D eigenvalue weighted by Gasteiger charge is -2.34. The van der Waals surface area contributed by atoms with E-state index >= 15 is 0 Å². The van der Waals surface area contributed by atoms with E-state index in [0.717, 1.165) is 73.3 Å². The molecule has 1 saturated heterocycles. The highest BCUT2D eigenvalue weighted by Crippen LogP contribution is 2.39. The number of methoxy groups -OCH3 is 1. The molecule has 1 aromatic carbocycles. The van der Waals surface area contributed by atoms with Gasteiger partial charge >= 0.3 is 6.09 Å². The fourth-order valence-electron chi connectivity index (χ4n) is 5.58. The molecule has 182 valence electrons. The molecule has 0 aliphatic carbocycles. The monoisotopic (exact) mass is 484 g/mol. The minimum Gasteiger partial charge on any atom is -0.452 e. The average Bonchev–Trinajstić information content (AvgIpc) is 3.31. The Bertz CT molecular complexity index is 1180. The molecule has 3 atom stereocenters. The number of amides is 1. The molecule has 0 unspecified atom stereocenters. The average molecular weight is 485 g/mol. The fourth-order valence-corrected chi connectivity index (χ4v) is 5.74. The Morgan fingerprint density at radius 2 is 2.15 bits per heavy atom. The number of nitrogens with zero attached hydrogens (tertiary/aromatic N) is 5. The van der Waals surface area contributed by atoms with Crippen molar-refractivity contribution in [2.75, 3.05) is 25.1 Å². The van der Waals surface area contributed by atoms with E-state index < -0.39 is 0 Å². The fraction of sp³-hybridized carbons (Fsp3) is 0.560. The second-order valence-corrected chi connectivity index (χ2v) is 10.1. The van der Waals surface area contributed by atoms with Crippen LogP contribution in [0.4, 0.5) is 10.5 Å². The maximum absolute atomic E-state index is 12.6. The zero-order valence-corrected chi connectivity index (χ0v) is 20.9. The molecule has 1 amide bonds. The first-order valence-electron chi connectivity index (χ1n) is 12.3. The van der Waals surface area contributed by atoms with Crippen molar-refractivity contribution in [2.24, 2.45) is 0 Å². The number of hydrogen-bond donors (Lipinski definition) is 1. The van der Waals surface area contributed by atoms with Gasteiger partial charge in [0.1, 0.15) is 5.82 Å². The van der Waals surface area contributed by atoms with E-state index in [0.29, 0.717) is 17.6 Å². The highest BCUT2D eigenvalue weighted by molar-refractivity contribution is 6.30. The molecule has 2 aliphatic heterocycles. The number of hydrogen-bond acceptors (Lipinski definition) is 5. The van der Waals surface area contributed by atoms with Crippen LogP contribution in [0, 0.1) is 0 Å². The second kappa shape index (κ2) is 9.58. The SMILES string of the molecule is COC(=O)N1c2ccc3c(nc([C@H](C)Cn4cc(Cl)cn4)n3[C@@H]3CCCNCC3)c2CC[C@@H]1C. The molecule has 9 heteroatoms. The Labute approximate surface area is 205 Å². The van der Waals surface area contributed by atoms with Crippen LogP contribution in [0.5, 0.6) is 0 Å². The van der Waals surface area contributed by atoms with E-state index in [-0.39, 0.29) is 18.1 Å². The number of carbonyl (C=O) groups is 1. The first kappa shape index (κ1) is 23.2. The number of ether oxygens (including phenoxy) is 1. The summed E-state index contributed by atoms with van der Waals surface area (Å²) in [5, 5.41) is 8.57. The molecule has 0 radical (unpaired) electrons. The van der Waals surface area contributed by atoms with E-state index in [4.69, 9.17) is 21.3 Å². The summed E-state index contributed by atoms with van der Waals surface area (Å²) in [4.78, 5) is 19.6. The molecule has 1 N–H and O–H groups in total. The van der Waals surface area contributed by atoms with E-state index in [2.05, 4.69) is 41.0 Å². The first-order valence-corrected chi connectivity index (χ1v) is 12.6. The van der Waals surface area contributed by atoms with Crippen molar-refractivity contribution in [3.05, 3.63) is 40.9 Å². The summed E-state index contributed by atoms with van der Waals surface area (Å²) in [7, 11) is 1.44. The lowest BCUT2D eigenvalue weighted by molar-refractivity contribution is 0.175. The third-order valence-corrected chi connectivity index (χ3v) is 7.46. The summed E-state index contributed by atoms with van der Waals surface area (Å²) in [6.07, 6.45) is 8.34. The quantitative estimate of drug-likeness (QED) is 0.569. The van der Waals surface area contributed by atoms with Crippen molar-refractivity contribution in [1.29, 1.82) is 0 Å². The number of aryl methyl sites for hydroxylation is 1. The van der Waals surface area contributed by atoms with Crippen molar-refractivity contribution >= 4 is 34.4 Å². The minimum absolute atomic E-state index is 0.0929. The number of imidazole rings is 1. The molecular formula is C25H33ClN6O2. The maximum atomic E-state index is 12.6. The minimum atomic E-state index is -0.314. The largest absolute Gasteiger partial charge is 0.452 e. The smallest absolute Gasteiger partial charge is 0.414 e. The van der Waals surface area contributed by atoms with Gasteiger partial charge in [-0.3, -0.25) is 9.58 Å². The molecule has 5 rings (SSSR count).